The molecule has 1 aromatic carbocycles. The zero-order valence-corrected chi connectivity index (χ0v) is 11.0. The maximum atomic E-state index is 13.1. The molecule has 1 aliphatic heterocycles. The van der Waals surface area contributed by atoms with Crippen LogP contribution < -0.4 is 4.74 Å². The number of benzene rings is 1. The molecule has 0 aromatic heterocycles. The summed E-state index contributed by atoms with van der Waals surface area (Å²) < 4.78 is 23.9. The Morgan fingerprint density at radius 2 is 2.16 bits per heavy atom. The Hall–Kier alpha value is -1.46. The first-order valence-electron chi connectivity index (χ1n) is 6.40. The zero-order valence-electron chi connectivity index (χ0n) is 11.0. The van der Waals surface area contributed by atoms with Crippen molar-refractivity contribution in [2.24, 2.45) is 0 Å². The molecular weight excluding hydrogens is 249 g/mol. The molecule has 1 aromatic rings. The lowest BCUT2D eigenvalue weighted by atomic mass is 10.1. The predicted octanol–water partition coefficient (Wildman–Crippen LogP) is 1.74. The highest BCUT2D eigenvalue weighted by Gasteiger charge is 2.12. The topological polar surface area (TPSA) is 38.8 Å². The summed E-state index contributed by atoms with van der Waals surface area (Å²) in [7, 11) is 0. The van der Waals surface area contributed by atoms with Crippen LogP contribution in [0.2, 0.25) is 0 Å². The Morgan fingerprint density at radius 1 is 1.42 bits per heavy atom. The van der Waals surface area contributed by atoms with E-state index in [4.69, 9.17) is 9.47 Å². The molecule has 0 saturated carbocycles. The first-order chi connectivity index (χ1) is 9.16. The van der Waals surface area contributed by atoms with Crippen LogP contribution in [0.3, 0.4) is 0 Å². The van der Waals surface area contributed by atoms with Crippen molar-refractivity contribution in [3.63, 3.8) is 0 Å². The minimum absolute atomic E-state index is 0.194. The smallest absolute Gasteiger partial charge is 0.163 e. The average molecular weight is 267 g/mol. The Balaban J connectivity index is 1.89. The number of Topliss-reactive ketones (excluding diaryl/α,β-unsaturated/α-hetero) is 1. The van der Waals surface area contributed by atoms with Gasteiger partial charge in [0.2, 0.25) is 0 Å². The molecule has 0 spiro atoms. The lowest BCUT2D eigenvalue weighted by Crippen LogP contribution is -2.38. The molecule has 1 aliphatic rings. The van der Waals surface area contributed by atoms with E-state index in [1.165, 1.54) is 25.1 Å². The van der Waals surface area contributed by atoms with Crippen LogP contribution in [-0.4, -0.2) is 50.1 Å². The van der Waals surface area contributed by atoms with Crippen molar-refractivity contribution in [1.82, 2.24) is 4.90 Å². The number of halogens is 1. The van der Waals surface area contributed by atoms with Crippen LogP contribution in [0.1, 0.15) is 17.3 Å². The van der Waals surface area contributed by atoms with Crippen LogP contribution in [0, 0.1) is 5.82 Å². The number of ether oxygens (including phenoxy) is 2. The summed E-state index contributed by atoms with van der Waals surface area (Å²) in [5.74, 6) is -0.172. The molecule has 0 amide bonds. The van der Waals surface area contributed by atoms with Crippen molar-refractivity contribution < 1.29 is 18.7 Å². The van der Waals surface area contributed by atoms with Crippen molar-refractivity contribution in [1.29, 1.82) is 0 Å². The van der Waals surface area contributed by atoms with E-state index < -0.39 is 5.82 Å². The number of hydrogen-bond donors (Lipinski definition) is 0. The third-order valence-electron chi connectivity index (χ3n) is 3.09. The maximum absolute atomic E-state index is 13.1. The van der Waals surface area contributed by atoms with Crippen molar-refractivity contribution in [3.8, 4) is 5.75 Å². The van der Waals surface area contributed by atoms with Gasteiger partial charge in [-0.3, -0.25) is 9.69 Å². The van der Waals surface area contributed by atoms with Gasteiger partial charge >= 0.3 is 0 Å². The fourth-order valence-corrected chi connectivity index (χ4v) is 2.01. The van der Waals surface area contributed by atoms with Gasteiger partial charge in [0.05, 0.1) is 18.8 Å². The van der Waals surface area contributed by atoms with Crippen molar-refractivity contribution in [3.05, 3.63) is 29.6 Å². The van der Waals surface area contributed by atoms with Gasteiger partial charge in [-0.25, -0.2) is 4.39 Å². The van der Waals surface area contributed by atoms with Crippen LogP contribution in [0.25, 0.3) is 0 Å². The van der Waals surface area contributed by atoms with E-state index in [9.17, 15) is 9.18 Å². The van der Waals surface area contributed by atoms with Crippen molar-refractivity contribution in [2.75, 3.05) is 39.5 Å². The number of carbonyl (C=O) groups excluding carboxylic acids is 1. The molecule has 4 nitrogen and oxygen atoms in total. The summed E-state index contributed by atoms with van der Waals surface area (Å²) in [5, 5.41) is 0. The van der Waals surface area contributed by atoms with E-state index in [0.29, 0.717) is 17.9 Å². The lowest BCUT2D eigenvalue weighted by Gasteiger charge is -2.26. The minimum Gasteiger partial charge on any atom is -0.491 e. The number of nitrogens with zero attached hydrogens (tertiary/aromatic N) is 1. The van der Waals surface area contributed by atoms with Crippen LogP contribution in [0.5, 0.6) is 5.75 Å². The van der Waals surface area contributed by atoms with Crippen LogP contribution in [-0.2, 0) is 4.74 Å². The molecule has 1 saturated heterocycles. The lowest BCUT2D eigenvalue weighted by molar-refractivity contribution is 0.0322. The van der Waals surface area contributed by atoms with Gasteiger partial charge < -0.3 is 9.47 Å². The Kier molecular flexibility index (Phi) is 4.87. The molecule has 1 heterocycles. The Bertz CT molecular complexity index is 444. The zero-order chi connectivity index (χ0) is 13.7. The fourth-order valence-electron chi connectivity index (χ4n) is 2.01. The molecule has 0 bridgehead atoms. The fraction of sp³-hybridized carbons (Fsp3) is 0.500. The van der Waals surface area contributed by atoms with Gasteiger partial charge in [0, 0.05) is 19.6 Å². The molecule has 5 heteroatoms. The number of carbonyl (C=O) groups is 1. The molecule has 104 valence electrons. The van der Waals surface area contributed by atoms with E-state index in [-0.39, 0.29) is 5.78 Å². The number of morpholine rings is 1. The molecule has 0 N–H and O–H groups in total. The summed E-state index contributed by atoms with van der Waals surface area (Å²) in [6.45, 7) is 5.94. The van der Waals surface area contributed by atoms with Crippen LogP contribution in [0.4, 0.5) is 4.39 Å². The maximum Gasteiger partial charge on any atom is 0.163 e. The third-order valence-corrected chi connectivity index (χ3v) is 3.09. The number of hydrogen-bond acceptors (Lipinski definition) is 4. The molecule has 2 rings (SSSR count). The van der Waals surface area contributed by atoms with Crippen molar-refractivity contribution in [2.45, 2.75) is 6.92 Å². The first kappa shape index (κ1) is 14.0. The van der Waals surface area contributed by atoms with Gasteiger partial charge in [0.15, 0.2) is 5.78 Å². The standard InChI is InChI=1S/C14H18FNO3/c1-11(17)13-10-12(15)2-3-14(13)19-9-6-16-4-7-18-8-5-16/h2-3,10H,4-9H2,1H3. The summed E-state index contributed by atoms with van der Waals surface area (Å²) in [6.07, 6.45) is 0. The number of ketones is 1. The summed E-state index contributed by atoms with van der Waals surface area (Å²) in [5.41, 5.74) is 0.293. The van der Waals surface area contributed by atoms with Gasteiger partial charge in [-0.1, -0.05) is 0 Å². The Labute approximate surface area is 112 Å². The quantitative estimate of drug-likeness (QED) is 0.762. The highest BCUT2D eigenvalue weighted by molar-refractivity contribution is 5.96. The minimum atomic E-state index is -0.425. The van der Waals surface area contributed by atoms with Gasteiger partial charge in [0.1, 0.15) is 18.2 Å². The summed E-state index contributed by atoms with van der Waals surface area (Å²) >= 11 is 0. The van der Waals surface area contributed by atoms with Crippen LogP contribution in [0.15, 0.2) is 18.2 Å². The molecular formula is C14H18FNO3. The van der Waals surface area contributed by atoms with Crippen molar-refractivity contribution >= 4 is 5.78 Å². The SMILES string of the molecule is CC(=O)c1cc(F)ccc1OCCN1CCOCC1. The third kappa shape index (κ3) is 4.01. The van der Waals surface area contributed by atoms with Crippen LogP contribution >= 0.6 is 0 Å². The van der Waals surface area contributed by atoms with Gasteiger partial charge in [-0.2, -0.15) is 0 Å². The molecule has 0 radical (unpaired) electrons. The van der Waals surface area contributed by atoms with E-state index >= 15 is 0 Å². The molecule has 0 aliphatic carbocycles. The highest BCUT2D eigenvalue weighted by atomic mass is 19.1. The Morgan fingerprint density at radius 3 is 2.84 bits per heavy atom. The summed E-state index contributed by atoms with van der Waals surface area (Å²) in [6, 6.07) is 4.02. The second-order valence-corrected chi connectivity index (χ2v) is 4.50. The van der Waals surface area contributed by atoms with Gasteiger partial charge in [-0.15, -0.1) is 0 Å². The van der Waals surface area contributed by atoms with E-state index in [1.54, 1.807) is 0 Å². The first-order valence-corrected chi connectivity index (χ1v) is 6.40. The molecule has 0 atom stereocenters. The average Bonchev–Trinajstić information content (AvgIpc) is 2.41. The van der Waals surface area contributed by atoms with E-state index in [1.807, 2.05) is 0 Å². The monoisotopic (exact) mass is 267 g/mol. The highest BCUT2D eigenvalue weighted by Crippen LogP contribution is 2.20. The number of rotatable bonds is 5. The predicted molar refractivity (Wildman–Crippen MR) is 69.2 cm³/mol. The summed E-state index contributed by atoms with van der Waals surface area (Å²) in [4.78, 5) is 13.6. The largest absolute Gasteiger partial charge is 0.491 e. The van der Waals surface area contributed by atoms with E-state index in [2.05, 4.69) is 4.90 Å². The second kappa shape index (κ2) is 6.63. The second-order valence-electron chi connectivity index (χ2n) is 4.50. The van der Waals surface area contributed by atoms with E-state index in [0.717, 1.165) is 32.8 Å². The molecule has 19 heavy (non-hydrogen) atoms. The molecule has 0 unspecified atom stereocenters. The normalized spacial score (nSPS) is 16.3. The van der Waals surface area contributed by atoms with Gasteiger partial charge in [-0.05, 0) is 25.1 Å². The van der Waals surface area contributed by atoms with Gasteiger partial charge in [0.25, 0.3) is 0 Å². The molecule has 1 fully saturated rings.